The van der Waals surface area contributed by atoms with Gasteiger partial charge in [0.1, 0.15) is 23.2 Å². The largest absolute Gasteiger partial charge is 0.480 e. The van der Waals surface area contributed by atoms with Gasteiger partial charge >= 0.3 is 5.97 Å². The molecule has 0 saturated heterocycles. The Morgan fingerprint density at radius 2 is 2.18 bits per heavy atom. The van der Waals surface area contributed by atoms with Gasteiger partial charge < -0.3 is 20.3 Å². The lowest BCUT2D eigenvalue weighted by Crippen LogP contribution is -2.33. The van der Waals surface area contributed by atoms with Gasteiger partial charge in [0.15, 0.2) is 12.4 Å². The fourth-order valence-corrected chi connectivity index (χ4v) is 3.81. The summed E-state index contributed by atoms with van der Waals surface area (Å²) in [6.07, 6.45) is 0.857. The number of allylic oxidation sites excluding steroid dienone is 3. The van der Waals surface area contributed by atoms with Crippen molar-refractivity contribution in [3.63, 3.8) is 0 Å². The predicted octanol–water partition coefficient (Wildman–Crippen LogP) is 3.25. The molecule has 3 rings (SSSR count). The Balaban J connectivity index is 2.07. The molecule has 3 N–H and O–H groups in total. The van der Waals surface area contributed by atoms with Crippen LogP contribution in [-0.2, 0) is 14.3 Å². The van der Waals surface area contributed by atoms with Crippen LogP contribution < -0.4 is 10.5 Å². The fourth-order valence-electron chi connectivity index (χ4n) is 3.57. The van der Waals surface area contributed by atoms with E-state index in [1.807, 2.05) is 19.9 Å². The molecule has 1 atom stereocenters. The van der Waals surface area contributed by atoms with Crippen molar-refractivity contribution in [1.29, 1.82) is 5.26 Å². The van der Waals surface area contributed by atoms with E-state index in [-0.39, 0.29) is 33.4 Å². The molecule has 146 valence electrons. The van der Waals surface area contributed by atoms with Gasteiger partial charge in [0, 0.05) is 18.4 Å². The van der Waals surface area contributed by atoms with Gasteiger partial charge in [-0.25, -0.2) is 4.79 Å². The van der Waals surface area contributed by atoms with Crippen molar-refractivity contribution in [2.24, 2.45) is 11.1 Å². The number of Topliss-reactive ketones (excluding diaryl/α,β-unsaturated/α-hetero) is 1. The Bertz CT molecular complexity index is 971. The van der Waals surface area contributed by atoms with E-state index in [9.17, 15) is 14.9 Å². The maximum atomic E-state index is 12.9. The quantitative estimate of drug-likeness (QED) is 0.792. The van der Waals surface area contributed by atoms with Gasteiger partial charge in [-0.1, -0.05) is 31.5 Å². The first-order valence-electron chi connectivity index (χ1n) is 8.61. The first-order chi connectivity index (χ1) is 13.1. The average molecular weight is 403 g/mol. The van der Waals surface area contributed by atoms with Gasteiger partial charge in [-0.15, -0.1) is 0 Å². The van der Waals surface area contributed by atoms with Crippen LogP contribution in [-0.4, -0.2) is 23.5 Å². The number of nitrogens with two attached hydrogens (primary N) is 1. The zero-order chi connectivity index (χ0) is 20.6. The van der Waals surface area contributed by atoms with Gasteiger partial charge in [0.25, 0.3) is 0 Å². The van der Waals surface area contributed by atoms with E-state index < -0.39 is 18.5 Å². The van der Waals surface area contributed by atoms with Crippen LogP contribution in [0, 0.1) is 16.7 Å². The van der Waals surface area contributed by atoms with Crippen molar-refractivity contribution in [2.45, 2.75) is 32.6 Å². The number of halogens is 1. The summed E-state index contributed by atoms with van der Waals surface area (Å²) in [6, 6.07) is 6.75. The number of rotatable bonds is 4. The van der Waals surface area contributed by atoms with Crippen molar-refractivity contribution in [2.75, 3.05) is 6.61 Å². The molecule has 1 heterocycles. The standard InChI is InChI=1S/C20H19ClN2O5/c1-20(2)6-13(24)18-15(7-20)28-19(23)11(8-22)17(18)10-3-4-14(12(21)5-10)27-9-16(25)26/h3-5,17H,6-7,9,23H2,1-2H3,(H,25,26). The van der Waals surface area contributed by atoms with E-state index in [4.69, 9.17) is 31.9 Å². The second-order valence-corrected chi connectivity index (χ2v) is 7.98. The number of hydrogen-bond acceptors (Lipinski definition) is 6. The minimum Gasteiger partial charge on any atom is -0.480 e. The van der Waals surface area contributed by atoms with Crippen LogP contribution in [0.4, 0.5) is 0 Å². The third kappa shape index (κ3) is 3.69. The third-order valence-corrected chi connectivity index (χ3v) is 5.01. The molecule has 1 aromatic rings. The molecule has 0 spiro atoms. The van der Waals surface area contributed by atoms with Crippen LogP contribution in [0.1, 0.15) is 38.2 Å². The summed E-state index contributed by atoms with van der Waals surface area (Å²) in [6.45, 7) is 3.41. The Hall–Kier alpha value is -2.98. The number of hydrogen-bond donors (Lipinski definition) is 2. The number of ether oxygens (including phenoxy) is 2. The summed E-state index contributed by atoms with van der Waals surface area (Å²) in [7, 11) is 0. The molecule has 1 aliphatic carbocycles. The van der Waals surface area contributed by atoms with Crippen LogP contribution >= 0.6 is 11.6 Å². The highest BCUT2D eigenvalue weighted by molar-refractivity contribution is 6.32. The fraction of sp³-hybridized carbons (Fsp3) is 0.350. The predicted molar refractivity (Wildman–Crippen MR) is 100 cm³/mol. The van der Waals surface area contributed by atoms with E-state index in [0.717, 1.165) is 0 Å². The zero-order valence-electron chi connectivity index (χ0n) is 15.4. The number of carbonyl (C=O) groups excluding carboxylic acids is 1. The van der Waals surface area contributed by atoms with Crippen LogP contribution in [0.3, 0.4) is 0 Å². The zero-order valence-corrected chi connectivity index (χ0v) is 16.2. The van der Waals surface area contributed by atoms with Gasteiger partial charge in [-0.2, -0.15) is 5.26 Å². The van der Waals surface area contributed by atoms with Gasteiger partial charge in [-0.05, 0) is 23.1 Å². The lowest BCUT2D eigenvalue weighted by molar-refractivity contribution is -0.139. The lowest BCUT2D eigenvalue weighted by atomic mass is 9.70. The number of carboxylic acid groups (broad SMARTS) is 1. The molecule has 1 unspecified atom stereocenters. The summed E-state index contributed by atoms with van der Waals surface area (Å²) in [4.78, 5) is 23.6. The van der Waals surface area contributed by atoms with Crippen LogP contribution in [0.15, 0.2) is 41.0 Å². The molecular formula is C20H19ClN2O5. The van der Waals surface area contributed by atoms with Crippen LogP contribution in [0.2, 0.25) is 5.02 Å². The minimum absolute atomic E-state index is 0.0286. The molecule has 0 amide bonds. The highest BCUT2D eigenvalue weighted by atomic mass is 35.5. The maximum absolute atomic E-state index is 12.9. The van der Waals surface area contributed by atoms with Crippen molar-refractivity contribution in [3.8, 4) is 11.8 Å². The first-order valence-corrected chi connectivity index (χ1v) is 8.98. The molecule has 0 fully saturated rings. The number of ketones is 1. The Kier molecular flexibility index (Phi) is 5.09. The summed E-state index contributed by atoms with van der Waals surface area (Å²) >= 11 is 6.24. The third-order valence-electron chi connectivity index (χ3n) is 4.72. The monoisotopic (exact) mass is 402 g/mol. The van der Waals surface area contributed by atoms with Gasteiger partial charge in [-0.3, -0.25) is 4.79 Å². The summed E-state index contributed by atoms with van der Waals surface area (Å²) in [5.41, 5.74) is 6.84. The molecule has 0 aromatic heterocycles. The van der Waals surface area contributed by atoms with E-state index in [1.165, 1.54) is 6.07 Å². The molecule has 1 aromatic carbocycles. The molecule has 0 saturated carbocycles. The second-order valence-electron chi connectivity index (χ2n) is 7.57. The molecular weight excluding hydrogens is 384 g/mol. The Morgan fingerprint density at radius 3 is 2.79 bits per heavy atom. The Labute approximate surface area is 167 Å². The number of aliphatic carboxylic acids is 1. The number of nitriles is 1. The number of nitrogens with zero attached hydrogens (tertiary/aromatic N) is 1. The normalized spacial score (nSPS) is 20.9. The van der Waals surface area contributed by atoms with E-state index >= 15 is 0 Å². The van der Waals surface area contributed by atoms with Gasteiger partial charge in [0.2, 0.25) is 5.88 Å². The summed E-state index contributed by atoms with van der Waals surface area (Å²) in [5, 5.41) is 18.5. The molecule has 8 heteroatoms. The molecule has 0 bridgehead atoms. The SMILES string of the molecule is CC1(C)CC(=O)C2=C(C1)OC(N)=C(C#N)C2c1ccc(OCC(=O)O)c(Cl)c1. The second kappa shape index (κ2) is 7.21. The van der Waals surface area contributed by atoms with E-state index in [0.29, 0.717) is 29.7 Å². The average Bonchev–Trinajstić information content (AvgIpc) is 2.58. The maximum Gasteiger partial charge on any atom is 0.341 e. The number of carboxylic acids is 1. The molecule has 28 heavy (non-hydrogen) atoms. The van der Waals surface area contributed by atoms with Gasteiger partial charge in [0.05, 0.1) is 10.9 Å². The number of benzene rings is 1. The smallest absolute Gasteiger partial charge is 0.341 e. The summed E-state index contributed by atoms with van der Waals surface area (Å²) in [5.74, 6) is -1.27. The van der Waals surface area contributed by atoms with E-state index in [1.54, 1.807) is 12.1 Å². The van der Waals surface area contributed by atoms with Crippen molar-refractivity contribution in [3.05, 3.63) is 51.6 Å². The lowest BCUT2D eigenvalue weighted by Gasteiger charge is -2.37. The molecule has 2 aliphatic rings. The van der Waals surface area contributed by atoms with Crippen molar-refractivity contribution >= 4 is 23.4 Å². The summed E-state index contributed by atoms with van der Waals surface area (Å²) < 4.78 is 10.8. The molecule has 7 nitrogen and oxygen atoms in total. The van der Waals surface area contributed by atoms with Crippen molar-refractivity contribution in [1.82, 2.24) is 0 Å². The topological polar surface area (TPSA) is 123 Å². The molecule has 0 radical (unpaired) electrons. The van der Waals surface area contributed by atoms with Crippen LogP contribution in [0.25, 0.3) is 0 Å². The van der Waals surface area contributed by atoms with Crippen molar-refractivity contribution < 1.29 is 24.2 Å². The van der Waals surface area contributed by atoms with Crippen LogP contribution in [0.5, 0.6) is 5.75 Å². The van der Waals surface area contributed by atoms with E-state index in [2.05, 4.69) is 0 Å². The first kappa shape index (κ1) is 19.8. The highest BCUT2D eigenvalue weighted by Crippen LogP contribution is 2.48. The molecule has 1 aliphatic heterocycles. The highest BCUT2D eigenvalue weighted by Gasteiger charge is 2.43. The Morgan fingerprint density at radius 1 is 1.46 bits per heavy atom. The number of carbonyl (C=O) groups is 2. The minimum atomic E-state index is -1.13.